The van der Waals surface area contributed by atoms with E-state index in [1.165, 1.54) is 16.1 Å². The molecule has 1 aromatic heterocycles. The molecule has 0 aliphatic rings. The molecule has 0 aliphatic carbocycles. The summed E-state index contributed by atoms with van der Waals surface area (Å²) in [6.07, 6.45) is 6.51. The van der Waals surface area contributed by atoms with E-state index < -0.39 is 10.0 Å². The van der Waals surface area contributed by atoms with E-state index >= 15 is 0 Å². The van der Waals surface area contributed by atoms with Crippen molar-refractivity contribution in [3.8, 4) is 5.69 Å². The van der Waals surface area contributed by atoms with Gasteiger partial charge in [-0.3, -0.25) is 4.99 Å². The summed E-state index contributed by atoms with van der Waals surface area (Å²) in [4.78, 5) is 4.20. The molecule has 29 heavy (non-hydrogen) atoms. The van der Waals surface area contributed by atoms with Crippen LogP contribution in [0.25, 0.3) is 5.69 Å². The monoisotopic (exact) mass is 534 g/mol. The highest BCUT2D eigenvalue weighted by atomic mass is 127. The molecule has 0 saturated carbocycles. The molecule has 0 amide bonds. The van der Waals surface area contributed by atoms with Crippen molar-refractivity contribution in [3.63, 3.8) is 0 Å². The molecule has 10 heteroatoms. The van der Waals surface area contributed by atoms with Crippen LogP contribution >= 0.6 is 24.0 Å². The largest absolute Gasteiger partial charge is 0.356 e. The van der Waals surface area contributed by atoms with Crippen molar-refractivity contribution in [3.05, 3.63) is 48.3 Å². The van der Waals surface area contributed by atoms with E-state index in [2.05, 4.69) is 45.0 Å². The minimum atomic E-state index is -3.13. The number of rotatable bonds is 10. The van der Waals surface area contributed by atoms with Gasteiger partial charge in [-0.2, -0.15) is 5.10 Å². The minimum Gasteiger partial charge on any atom is -0.356 e. The number of sulfonamides is 1. The van der Waals surface area contributed by atoms with E-state index in [1.807, 2.05) is 23.9 Å². The third-order valence-electron chi connectivity index (χ3n) is 4.33. The third-order valence-corrected chi connectivity index (χ3v) is 5.71. The molecule has 0 spiro atoms. The van der Waals surface area contributed by atoms with Crippen molar-refractivity contribution in [2.45, 2.75) is 19.8 Å². The normalized spacial score (nSPS) is 11.9. The number of hydrogen-bond acceptors (Lipinski definition) is 4. The summed E-state index contributed by atoms with van der Waals surface area (Å²) in [6, 6.07) is 10.2. The van der Waals surface area contributed by atoms with Crippen molar-refractivity contribution >= 4 is 40.0 Å². The molecule has 0 atom stereocenters. The Balaban J connectivity index is 0.00000420. The molecule has 0 bridgehead atoms. The zero-order valence-corrected chi connectivity index (χ0v) is 20.4. The van der Waals surface area contributed by atoms with Crippen molar-refractivity contribution < 1.29 is 8.42 Å². The van der Waals surface area contributed by atoms with Gasteiger partial charge in [-0.05, 0) is 36.6 Å². The van der Waals surface area contributed by atoms with Gasteiger partial charge in [0.1, 0.15) is 0 Å². The van der Waals surface area contributed by atoms with E-state index in [0.29, 0.717) is 19.6 Å². The second kappa shape index (κ2) is 12.8. The summed E-state index contributed by atoms with van der Waals surface area (Å²) in [6.45, 7) is 4.25. The number of nitrogens with one attached hydrogen (secondary N) is 2. The second-order valence-electron chi connectivity index (χ2n) is 6.40. The molecular weight excluding hydrogens is 503 g/mol. The summed E-state index contributed by atoms with van der Waals surface area (Å²) in [7, 11) is -1.40. The van der Waals surface area contributed by atoms with Crippen LogP contribution in [0.15, 0.2) is 47.7 Å². The van der Waals surface area contributed by atoms with Crippen molar-refractivity contribution in [2.75, 3.05) is 39.5 Å². The number of halogens is 1. The predicted molar refractivity (Wildman–Crippen MR) is 129 cm³/mol. The lowest BCUT2D eigenvalue weighted by Crippen LogP contribution is -2.40. The zero-order chi connectivity index (χ0) is 20.4. The smallest absolute Gasteiger partial charge is 0.211 e. The van der Waals surface area contributed by atoms with Gasteiger partial charge in [0, 0.05) is 45.6 Å². The summed E-state index contributed by atoms with van der Waals surface area (Å²) >= 11 is 0. The maximum Gasteiger partial charge on any atom is 0.211 e. The van der Waals surface area contributed by atoms with Gasteiger partial charge in [-0.1, -0.05) is 19.1 Å². The molecule has 2 aromatic rings. The van der Waals surface area contributed by atoms with Gasteiger partial charge in [0.25, 0.3) is 0 Å². The summed E-state index contributed by atoms with van der Waals surface area (Å²) in [5, 5.41) is 10.7. The van der Waals surface area contributed by atoms with E-state index in [4.69, 9.17) is 0 Å². The molecule has 0 fully saturated rings. The van der Waals surface area contributed by atoms with E-state index in [1.54, 1.807) is 13.2 Å². The second-order valence-corrected chi connectivity index (χ2v) is 8.38. The lowest BCUT2D eigenvalue weighted by molar-refractivity contribution is 0.424. The Morgan fingerprint density at radius 1 is 1.21 bits per heavy atom. The van der Waals surface area contributed by atoms with Crippen LogP contribution in [-0.2, 0) is 16.4 Å². The van der Waals surface area contributed by atoms with E-state index in [-0.39, 0.29) is 24.0 Å². The first-order valence-corrected chi connectivity index (χ1v) is 11.3. The Bertz CT molecular complexity index is 838. The van der Waals surface area contributed by atoms with Gasteiger partial charge in [-0.25, -0.2) is 17.4 Å². The molecule has 0 saturated heterocycles. The van der Waals surface area contributed by atoms with Crippen molar-refractivity contribution in [1.82, 2.24) is 24.7 Å². The standard InChI is InChI=1S/C19H30N6O2S.HI/c1-4-24(28(3,26)27)15-5-12-21-19(20-2)22-14-11-17-7-9-18(10-8-17)25-16-6-13-23-25;/h6-10,13,16H,4-5,11-12,14-15H2,1-3H3,(H2,20,21,22);1H. The molecule has 1 heterocycles. The molecule has 2 rings (SSSR count). The van der Waals surface area contributed by atoms with Crippen LogP contribution in [0.4, 0.5) is 0 Å². The third kappa shape index (κ3) is 8.70. The average Bonchev–Trinajstić information content (AvgIpc) is 3.20. The quantitative estimate of drug-likeness (QED) is 0.210. The van der Waals surface area contributed by atoms with Gasteiger partial charge >= 0.3 is 0 Å². The highest BCUT2D eigenvalue weighted by molar-refractivity contribution is 14.0. The molecular formula is C19H31IN6O2S. The number of aromatic nitrogens is 2. The van der Waals surface area contributed by atoms with Crippen LogP contribution in [-0.4, -0.2) is 67.9 Å². The fraction of sp³-hybridized carbons (Fsp3) is 0.474. The predicted octanol–water partition coefficient (Wildman–Crippen LogP) is 1.87. The van der Waals surface area contributed by atoms with Gasteiger partial charge in [0.15, 0.2) is 5.96 Å². The molecule has 162 valence electrons. The number of hydrogen-bond donors (Lipinski definition) is 2. The van der Waals surface area contributed by atoms with Crippen LogP contribution in [0.5, 0.6) is 0 Å². The van der Waals surface area contributed by atoms with Gasteiger partial charge in [-0.15, -0.1) is 24.0 Å². The number of nitrogens with zero attached hydrogens (tertiary/aromatic N) is 4. The summed E-state index contributed by atoms with van der Waals surface area (Å²) < 4.78 is 26.5. The molecule has 0 radical (unpaired) electrons. The molecule has 0 aliphatic heterocycles. The molecule has 0 unspecified atom stereocenters. The van der Waals surface area contributed by atoms with Crippen molar-refractivity contribution in [2.24, 2.45) is 4.99 Å². The molecule has 1 aromatic carbocycles. The SMILES string of the molecule is CCN(CCCNC(=NC)NCCc1ccc(-n2cccn2)cc1)S(C)(=O)=O.I. The van der Waals surface area contributed by atoms with Crippen LogP contribution in [0.2, 0.25) is 0 Å². The molecule has 8 nitrogen and oxygen atoms in total. The summed E-state index contributed by atoms with van der Waals surface area (Å²) in [5.74, 6) is 0.718. The Hall–Kier alpha value is -1.66. The fourth-order valence-electron chi connectivity index (χ4n) is 2.80. The van der Waals surface area contributed by atoms with E-state index in [9.17, 15) is 8.42 Å². The maximum atomic E-state index is 11.6. The average molecular weight is 534 g/mol. The Morgan fingerprint density at radius 3 is 2.45 bits per heavy atom. The van der Waals surface area contributed by atoms with E-state index in [0.717, 1.165) is 31.0 Å². The van der Waals surface area contributed by atoms with Gasteiger partial charge < -0.3 is 10.6 Å². The van der Waals surface area contributed by atoms with Crippen LogP contribution in [0.3, 0.4) is 0 Å². The number of aliphatic imine (C=N–C) groups is 1. The number of benzene rings is 1. The van der Waals surface area contributed by atoms with Crippen LogP contribution in [0, 0.1) is 0 Å². The first-order valence-electron chi connectivity index (χ1n) is 9.42. The maximum absolute atomic E-state index is 11.6. The fourth-order valence-corrected chi connectivity index (χ4v) is 3.73. The first-order chi connectivity index (χ1) is 13.4. The molecule has 2 N–H and O–H groups in total. The Labute approximate surface area is 190 Å². The Kier molecular flexibility index (Phi) is 11.2. The van der Waals surface area contributed by atoms with Gasteiger partial charge in [0.2, 0.25) is 10.0 Å². The lowest BCUT2D eigenvalue weighted by Gasteiger charge is -2.18. The topological polar surface area (TPSA) is 91.6 Å². The van der Waals surface area contributed by atoms with Crippen LogP contribution in [0.1, 0.15) is 18.9 Å². The minimum absolute atomic E-state index is 0. The first kappa shape index (κ1) is 25.4. The van der Waals surface area contributed by atoms with Crippen LogP contribution < -0.4 is 10.6 Å². The highest BCUT2D eigenvalue weighted by Crippen LogP contribution is 2.08. The highest BCUT2D eigenvalue weighted by Gasteiger charge is 2.13. The van der Waals surface area contributed by atoms with Crippen molar-refractivity contribution in [1.29, 1.82) is 0 Å². The lowest BCUT2D eigenvalue weighted by atomic mass is 10.1. The van der Waals surface area contributed by atoms with Gasteiger partial charge in [0.05, 0.1) is 11.9 Å². The zero-order valence-electron chi connectivity index (χ0n) is 17.2. The number of guanidine groups is 1. The summed E-state index contributed by atoms with van der Waals surface area (Å²) in [5.41, 5.74) is 2.26. The Morgan fingerprint density at radius 2 is 1.90 bits per heavy atom.